The zero-order valence-electron chi connectivity index (χ0n) is 13.3. The van der Waals surface area contributed by atoms with Crippen molar-refractivity contribution in [2.75, 3.05) is 20.8 Å². The molecular weight excluding hydrogens is 310 g/mol. The fourth-order valence-electron chi connectivity index (χ4n) is 2.77. The molecule has 1 aliphatic heterocycles. The van der Waals surface area contributed by atoms with E-state index in [0.717, 1.165) is 17.9 Å². The molecule has 0 fully saturated rings. The summed E-state index contributed by atoms with van der Waals surface area (Å²) in [4.78, 5) is 13.9. The van der Waals surface area contributed by atoms with Gasteiger partial charge in [0.15, 0.2) is 0 Å². The summed E-state index contributed by atoms with van der Waals surface area (Å²) < 4.78 is 10.7. The molecule has 0 radical (unpaired) electrons. The van der Waals surface area contributed by atoms with Crippen LogP contribution >= 0.6 is 13.5 Å². The predicted molar refractivity (Wildman–Crippen MR) is 94.3 cm³/mol. The van der Waals surface area contributed by atoms with Crippen LogP contribution in [0.25, 0.3) is 0 Å². The summed E-state index contributed by atoms with van der Waals surface area (Å²) >= 11 is 0. The van der Waals surface area contributed by atoms with Crippen LogP contribution in [0.1, 0.15) is 27.5 Å². The SMILES string of the molecule is COC(=O)c1ccc2c(c1)OC[C@H](c1ccccc1)N(C)C2.S. The van der Waals surface area contributed by atoms with Gasteiger partial charge in [-0.3, -0.25) is 4.90 Å². The van der Waals surface area contributed by atoms with Gasteiger partial charge < -0.3 is 9.47 Å². The van der Waals surface area contributed by atoms with Gasteiger partial charge in [0.1, 0.15) is 12.4 Å². The van der Waals surface area contributed by atoms with Crippen LogP contribution in [-0.4, -0.2) is 31.6 Å². The van der Waals surface area contributed by atoms with Gasteiger partial charge in [-0.1, -0.05) is 36.4 Å². The monoisotopic (exact) mass is 331 g/mol. The maximum atomic E-state index is 11.6. The van der Waals surface area contributed by atoms with Crippen molar-refractivity contribution in [1.82, 2.24) is 4.90 Å². The first-order valence-corrected chi connectivity index (χ1v) is 7.28. The summed E-state index contributed by atoms with van der Waals surface area (Å²) in [5.74, 6) is 0.414. The number of methoxy groups -OCH3 is 1. The molecule has 2 aromatic carbocycles. The summed E-state index contributed by atoms with van der Waals surface area (Å²) in [6, 6.07) is 16.0. The Kier molecular flexibility index (Phi) is 5.69. The maximum Gasteiger partial charge on any atom is 0.337 e. The van der Waals surface area contributed by atoms with Crippen molar-refractivity contribution in [2.45, 2.75) is 12.6 Å². The predicted octanol–water partition coefficient (Wildman–Crippen LogP) is 3.15. The molecule has 0 saturated carbocycles. The smallest absolute Gasteiger partial charge is 0.337 e. The van der Waals surface area contributed by atoms with E-state index in [1.165, 1.54) is 12.7 Å². The second kappa shape index (κ2) is 7.53. The number of benzene rings is 2. The fraction of sp³-hybridized carbons (Fsp3) is 0.278. The molecule has 0 bridgehead atoms. The molecule has 3 rings (SSSR count). The van der Waals surface area contributed by atoms with Crippen molar-refractivity contribution >= 4 is 19.5 Å². The Hall–Kier alpha value is -1.98. The van der Waals surface area contributed by atoms with Crippen molar-refractivity contribution in [3.8, 4) is 5.75 Å². The fourth-order valence-corrected chi connectivity index (χ4v) is 2.77. The molecule has 0 amide bonds. The van der Waals surface area contributed by atoms with Gasteiger partial charge >= 0.3 is 5.97 Å². The van der Waals surface area contributed by atoms with Crippen LogP contribution in [0.2, 0.25) is 0 Å². The molecule has 0 aliphatic carbocycles. The zero-order chi connectivity index (χ0) is 15.5. The lowest BCUT2D eigenvalue weighted by Gasteiger charge is -2.25. The highest BCUT2D eigenvalue weighted by molar-refractivity contribution is 7.59. The standard InChI is InChI=1S/C18H19NO3.H2S/c1-19-11-15-9-8-14(18(20)21-2)10-17(15)22-12-16(19)13-6-4-3-5-7-13;/h3-10,16H,11-12H2,1-2H3;1H2/t16-;/m1./s1. The van der Waals surface area contributed by atoms with Gasteiger partial charge in [0.2, 0.25) is 0 Å². The second-order valence-corrected chi connectivity index (χ2v) is 5.47. The van der Waals surface area contributed by atoms with Gasteiger partial charge in [-0.25, -0.2) is 4.79 Å². The first-order chi connectivity index (χ1) is 10.7. The average Bonchev–Trinajstić information content (AvgIpc) is 2.72. The first-order valence-electron chi connectivity index (χ1n) is 7.28. The Morgan fingerprint density at radius 1 is 1.22 bits per heavy atom. The van der Waals surface area contributed by atoms with E-state index in [0.29, 0.717) is 12.2 Å². The number of likely N-dealkylation sites (N-methyl/N-ethyl adjacent to an activating group) is 1. The number of carbonyl (C=O) groups excluding carboxylic acids is 1. The number of hydrogen-bond donors (Lipinski definition) is 0. The van der Waals surface area contributed by atoms with E-state index >= 15 is 0 Å². The highest BCUT2D eigenvalue weighted by atomic mass is 32.1. The van der Waals surface area contributed by atoms with Gasteiger partial charge in [-0.05, 0) is 24.7 Å². The van der Waals surface area contributed by atoms with E-state index in [2.05, 4.69) is 24.1 Å². The van der Waals surface area contributed by atoms with Crippen molar-refractivity contribution < 1.29 is 14.3 Å². The van der Waals surface area contributed by atoms with Crippen LogP contribution < -0.4 is 4.74 Å². The van der Waals surface area contributed by atoms with E-state index < -0.39 is 0 Å². The lowest BCUT2D eigenvalue weighted by Crippen LogP contribution is -2.26. The highest BCUT2D eigenvalue weighted by Gasteiger charge is 2.24. The number of ether oxygens (including phenoxy) is 2. The molecule has 4 nitrogen and oxygen atoms in total. The number of rotatable bonds is 2. The van der Waals surface area contributed by atoms with Crippen LogP contribution in [0.5, 0.6) is 5.75 Å². The number of carbonyl (C=O) groups is 1. The van der Waals surface area contributed by atoms with Gasteiger partial charge in [-0.2, -0.15) is 13.5 Å². The third-order valence-corrected chi connectivity index (χ3v) is 4.02. The van der Waals surface area contributed by atoms with Crippen molar-refractivity contribution in [1.29, 1.82) is 0 Å². The Bertz CT molecular complexity index is 675. The molecular formula is C18H21NO3S. The van der Waals surface area contributed by atoms with Crippen molar-refractivity contribution in [3.63, 3.8) is 0 Å². The molecule has 2 aromatic rings. The summed E-state index contributed by atoms with van der Waals surface area (Å²) in [6.07, 6.45) is 0. The minimum absolute atomic E-state index is 0. The van der Waals surface area contributed by atoms with Crippen LogP contribution in [0.3, 0.4) is 0 Å². The Morgan fingerprint density at radius 2 is 1.96 bits per heavy atom. The zero-order valence-corrected chi connectivity index (χ0v) is 14.3. The van der Waals surface area contributed by atoms with Crippen molar-refractivity contribution in [2.24, 2.45) is 0 Å². The summed E-state index contributed by atoms with van der Waals surface area (Å²) in [7, 11) is 3.47. The van der Waals surface area contributed by atoms with Gasteiger partial charge in [0.25, 0.3) is 0 Å². The second-order valence-electron chi connectivity index (χ2n) is 5.47. The topological polar surface area (TPSA) is 38.8 Å². The lowest BCUT2D eigenvalue weighted by molar-refractivity contribution is 0.0600. The highest BCUT2D eigenvalue weighted by Crippen LogP contribution is 2.31. The van der Waals surface area contributed by atoms with E-state index in [-0.39, 0.29) is 25.5 Å². The number of nitrogens with zero attached hydrogens (tertiary/aromatic N) is 1. The third kappa shape index (κ3) is 3.68. The molecule has 1 heterocycles. The minimum Gasteiger partial charge on any atom is -0.491 e. The first kappa shape index (κ1) is 17.4. The summed E-state index contributed by atoms with van der Waals surface area (Å²) in [6.45, 7) is 1.33. The van der Waals surface area contributed by atoms with E-state index in [9.17, 15) is 4.79 Å². The molecule has 1 atom stereocenters. The van der Waals surface area contributed by atoms with Crippen LogP contribution in [0.15, 0.2) is 48.5 Å². The van der Waals surface area contributed by atoms with Crippen molar-refractivity contribution in [3.05, 3.63) is 65.2 Å². The molecule has 1 aliphatic rings. The molecule has 23 heavy (non-hydrogen) atoms. The van der Waals surface area contributed by atoms with Crippen LogP contribution in [0.4, 0.5) is 0 Å². The van der Waals surface area contributed by atoms with Crippen LogP contribution in [-0.2, 0) is 11.3 Å². The van der Waals surface area contributed by atoms with Crippen LogP contribution in [0, 0.1) is 0 Å². The van der Waals surface area contributed by atoms with E-state index in [4.69, 9.17) is 9.47 Å². The normalized spacial score (nSPS) is 17.2. The molecule has 122 valence electrons. The molecule has 0 N–H and O–H groups in total. The van der Waals surface area contributed by atoms with E-state index in [1.54, 1.807) is 12.1 Å². The lowest BCUT2D eigenvalue weighted by atomic mass is 10.1. The molecule has 0 spiro atoms. The van der Waals surface area contributed by atoms with Gasteiger partial charge in [0, 0.05) is 12.1 Å². The maximum absolute atomic E-state index is 11.6. The molecule has 0 saturated heterocycles. The minimum atomic E-state index is -0.344. The average molecular weight is 331 g/mol. The van der Waals surface area contributed by atoms with Gasteiger partial charge in [0.05, 0.1) is 18.7 Å². The third-order valence-electron chi connectivity index (χ3n) is 4.02. The number of fused-ring (bicyclic) bond motifs is 1. The largest absolute Gasteiger partial charge is 0.491 e. The van der Waals surface area contributed by atoms with Gasteiger partial charge in [-0.15, -0.1) is 0 Å². The summed E-state index contributed by atoms with van der Waals surface area (Å²) in [5.41, 5.74) is 2.82. The Labute approximate surface area is 143 Å². The number of hydrogen-bond acceptors (Lipinski definition) is 4. The Balaban J connectivity index is 0.00000192. The van der Waals surface area contributed by atoms with E-state index in [1.807, 2.05) is 24.3 Å². The quantitative estimate of drug-likeness (QED) is 0.793. The number of esters is 1. The Morgan fingerprint density at radius 3 is 2.65 bits per heavy atom. The molecule has 0 aromatic heterocycles. The molecule has 5 heteroatoms. The molecule has 0 unspecified atom stereocenters. The summed E-state index contributed by atoms with van der Waals surface area (Å²) in [5, 5.41) is 0.